The van der Waals surface area contributed by atoms with E-state index in [1.54, 1.807) is 13.2 Å². The van der Waals surface area contributed by atoms with Gasteiger partial charge in [0.2, 0.25) is 0 Å². The molecule has 0 aliphatic rings. The lowest BCUT2D eigenvalue weighted by atomic mass is 10.1. The highest BCUT2D eigenvalue weighted by Crippen LogP contribution is 2.28. The monoisotopic (exact) mass is 301 g/mol. The Hall–Kier alpha value is -2.14. The predicted octanol–water partition coefficient (Wildman–Crippen LogP) is 2.59. The topological polar surface area (TPSA) is 70.1 Å². The van der Waals surface area contributed by atoms with Gasteiger partial charge in [0, 0.05) is 23.7 Å². The molecule has 1 unspecified atom stereocenters. The molecule has 118 valence electrons. The summed E-state index contributed by atoms with van der Waals surface area (Å²) in [6.45, 7) is 6.47. The SMILES string of the molecule is COc1ccccc1-c1cc(C(C)N)c(=O)n(CC(C)C)n1. The molecule has 1 aromatic carbocycles. The van der Waals surface area contributed by atoms with Crippen LogP contribution < -0.4 is 16.0 Å². The molecule has 2 N–H and O–H groups in total. The van der Waals surface area contributed by atoms with Gasteiger partial charge in [0.1, 0.15) is 5.75 Å². The highest BCUT2D eigenvalue weighted by molar-refractivity contribution is 5.67. The zero-order valence-electron chi connectivity index (χ0n) is 13.5. The Morgan fingerprint density at radius 2 is 1.95 bits per heavy atom. The van der Waals surface area contributed by atoms with Gasteiger partial charge in [0.15, 0.2) is 0 Å². The third-order valence-electron chi connectivity index (χ3n) is 3.41. The molecule has 2 aromatic rings. The van der Waals surface area contributed by atoms with Crippen LogP contribution >= 0.6 is 0 Å². The van der Waals surface area contributed by atoms with Crippen LogP contribution in [0.2, 0.25) is 0 Å². The second-order valence-corrected chi connectivity index (χ2v) is 5.85. The third-order valence-corrected chi connectivity index (χ3v) is 3.41. The number of ether oxygens (including phenoxy) is 1. The van der Waals surface area contributed by atoms with Crippen molar-refractivity contribution in [2.45, 2.75) is 33.4 Å². The number of rotatable bonds is 5. The van der Waals surface area contributed by atoms with Crippen LogP contribution in [0.5, 0.6) is 5.75 Å². The minimum absolute atomic E-state index is 0.123. The number of para-hydroxylation sites is 1. The number of benzene rings is 1. The molecule has 1 atom stereocenters. The summed E-state index contributed by atoms with van der Waals surface area (Å²) in [6, 6.07) is 9.04. The molecule has 5 heteroatoms. The first-order valence-electron chi connectivity index (χ1n) is 7.45. The standard InChI is InChI=1S/C17H23N3O2/c1-11(2)10-20-17(21)14(12(3)18)9-15(19-20)13-7-5-6-8-16(13)22-4/h5-9,11-12H,10,18H2,1-4H3. The van der Waals surface area contributed by atoms with Gasteiger partial charge in [-0.2, -0.15) is 5.10 Å². The fourth-order valence-corrected chi connectivity index (χ4v) is 2.35. The first-order valence-corrected chi connectivity index (χ1v) is 7.45. The van der Waals surface area contributed by atoms with Gasteiger partial charge in [0.05, 0.1) is 12.8 Å². The van der Waals surface area contributed by atoms with Crippen LogP contribution in [0.25, 0.3) is 11.3 Å². The lowest BCUT2D eigenvalue weighted by Gasteiger charge is -2.15. The molecule has 0 bridgehead atoms. The van der Waals surface area contributed by atoms with Crippen molar-refractivity contribution >= 4 is 0 Å². The summed E-state index contributed by atoms with van der Waals surface area (Å²) in [6.07, 6.45) is 0. The molecule has 2 rings (SSSR count). The van der Waals surface area contributed by atoms with Gasteiger partial charge in [-0.25, -0.2) is 4.68 Å². The van der Waals surface area contributed by atoms with Crippen molar-refractivity contribution < 1.29 is 4.74 Å². The quantitative estimate of drug-likeness (QED) is 0.921. The zero-order chi connectivity index (χ0) is 16.3. The number of nitrogens with zero attached hydrogens (tertiary/aromatic N) is 2. The molecule has 1 aromatic heterocycles. The molecule has 0 aliphatic carbocycles. The Kier molecular flexibility index (Phi) is 4.98. The molecule has 0 saturated heterocycles. The summed E-state index contributed by atoms with van der Waals surface area (Å²) in [5.74, 6) is 1.04. The predicted molar refractivity (Wildman–Crippen MR) is 87.9 cm³/mol. The van der Waals surface area contributed by atoms with Crippen LogP contribution in [-0.2, 0) is 6.54 Å². The van der Waals surface area contributed by atoms with Crippen molar-refractivity contribution in [3.8, 4) is 17.0 Å². The molecule has 22 heavy (non-hydrogen) atoms. The van der Waals surface area contributed by atoms with Crippen LogP contribution in [-0.4, -0.2) is 16.9 Å². The molecule has 0 radical (unpaired) electrons. The molecular formula is C17H23N3O2. The fraction of sp³-hybridized carbons (Fsp3) is 0.412. The number of hydrogen-bond donors (Lipinski definition) is 1. The van der Waals surface area contributed by atoms with E-state index in [4.69, 9.17) is 10.5 Å². The van der Waals surface area contributed by atoms with Gasteiger partial charge in [-0.1, -0.05) is 26.0 Å². The summed E-state index contributed by atoms with van der Waals surface area (Å²) in [7, 11) is 1.62. The highest BCUT2D eigenvalue weighted by atomic mass is 16.5. The Balaban J connectivity index is 2.66. The van der Waals surface area contributed by atoms with Gasteiger partial charge in [-0.05, 0) is 31.0 Å². The molecule has 0 aliphatic heterocycles. The van der Waals surface area contributed by atoms with E-state index in [1.165, 1.54) is 4.68 Å². The number of hydrogen-bond acceptors (Lipinski definition) is 4. The van der Waals surface area contributed by atoms with Crippen molar-refractivity contribution in [3.63, 3.8) is 0 Å². The van der Waals surface area contributed by atoms with E-state index < -0.39 is 0 Å². The van der Waals surface area contributed by atoms with E-state index in [9.17, 15) is 4.79 Å². The maximum Gasteiger partial charge on any atom is 0.271 e. The molecule has 0 amide bonds. The molecule has 0 saturated carbocycles. The normalized spacial score (nSPS) is 12.5. The van der Waals surface area contributed by atoms with Crippen molar-refractivity contribution in [2.75, 3.05) is 7.11 Å². The van der Waals surface area contributed by atoms with Crippen LogP contribution in [0.15, 0.2) is 35.1 Å². The van der Waals surface area contributed by atoms with E-state index in [1.807, 2.05) is 31.2 Å². The number of nitrogens with two attached hydrogens (primary N) is 1. The average molecular weight is 301 g/mol. The average Bonchev–Trinajstić information content (AvgIpc) is 2.48. The Bertz CT molecular complexity index is 705. The highest BCUT2D eigenvalue weighted by Gasteiger charge is 2.15. The van der Waals surface area contributed by atoms with Crippen LogP contribution in [0.4, 0.5) is 0 Å². The van der Waals surface area contributed by atoms with E-state index in [-0.39, 0.29) is 11.6 Å². The van der Waals surface area contributed by atoms with Gasteiger partial charge < -0.3 is 10.5 Å². The largest absolute Gasteiger partial charge is 0.496 e. The third kappa shape index (κ3) is 3.36. The summed E-state index contributed by atoms with van der Waals surface area (Å²) >= 11 is 0. The maximum atomic E-state index is 12.5. The van der Waals surface area contributed by atoms with Crippen LogP contribution in [0.1, 0.15) is 32.4 Å². The maximum absolute atomic E-state index is 12.5. The number of aromatic nitrogens is 2. The lowest BCUT2D eigenvalue weighted by molar-refractivity contribution is 0.415. The minimum Gasteiger partial charge on any atom is -0.496 e. The molecule has 5 nitrogen and oxygen atoms in total. The van der Waals surface area contributed by atoms with Crippen LogP contribution in [0, 0.1) is 5.92 Å². The molecular weight excluding hydrogens is 278 g/mol. The van der Waals surface area contributed by atoms with Gasteiger partial charge in [-0.3, -0.25) is 4.79 Å². The van der Waals surface area contributed by atoms with E-state index in [0.717, 1.165) is 11.3 Å². The Morgan fingerprint density at radius 1 is 1.27 bits per heavy atom. The Morgan fingerprint density at radius 3 is 2.55 bits per heavy atom. The van der Waals surface area contributed by atoms with Gasteiger partial charge in [0.25, 0.3) is 5.56 Å². The van der Waals surface area contributed by atoms with E-state index in [0.29, 0.717) is 23.7 Å². The number of methoxy groups -OCH3 is 1. The summed E-state index contributed by atoms with van der Waals surface area (Å²) in [5, 5.41) is 4.50. The van der Waals surface area contributed by atoms with Gasteiger partial charge in [-0.15, -0.1) is 0 Å². The minimum atomic E-state index is -0.345. The smallest absolute Gasteiger partial charge is 0.271 e. The van der Waals surface area contributed by atoms with Gasteiger partial charge >= 0.3 is 0 Å². The lowest BCUT2D eigenvalue weighted by Crippen LogP contribution is -2.31. The van der Waals surface area contributed by atoms with Crippen LogP contribution in [0.3, 0.4) is 0 Å². The first-order chi connectivity index (χ1) is 10.4. The summed E-state index contributed by atoms with van der Waals surface area (Å²) in [5.41, 5.74) is 7.95. The second-order valence-electron chi connectivity index (χ2n) is 5.85. The van der Waals surface area contributed by atoms with Crippen molar-refractivity contribution in [2.24, 2.45) is 11.7 Å². The molecule has 1 heterocycles. The fourth-order valence-electron chi connectivity index (χ4n) is 2.35. The first kappa shape index (κ1) is 16.2. The van der Waals surface area contributed by atoms with Crippen molar-refractivity contribution in [1.82, 2.24) is 9.78 Å². The second kappa shape index (κ2) is 6.75. The summed E-state index contributed by atoms with van der Waals surface area (Å²) in [4.78, 5) is 12.5. The Labute approximate surface area is 130 Å². The molecule has 0 fully saturated rings. The molecule has 0 spiro atoms. The summed E-state index contributed by atoms with van der Waals surface area (Å²) < 4.78 is 6.90. The van der Waals surface area contributed by atoms with Crippen molar-refractivity contribution in [3.05, 3.63) is 46.2 Å². The van der Waals surface area contributed by atoms with E-state index >= 15 is 0 Å². The van der Waals surface area contributed by atoms with E-state index in [2.05, 4.69) is 18.9 Å². The zero-order valence-corrected chi connectivity index (χ0v) is 13.5. The van der Waals surface area contributed by atoms with Crippen molar-refractivity contribution in [1.29, 1.82) is 0 Å².